The highest BCUT2D eigenvalue weighted by molar-refractivity contribution is 5.74. The molecule has 2 aliphatic heterocycles. The number of fused-ring (bicyclic) bond motifs is 1. The Hall–Kier alpha value is -1.55. The monoisotopic (exact) mass is 288 g/mol. The normalized spacial score (nSPS) is 29.3. The standard InChI is InChI=1S/C17H24N2O2/c1-12(20)19-11-15(13-6-8-14(21-3)9-7-13)17-16(19)5-4-10-18(17)2/h6-9,15-17H,4-5,10-11H2,1-3H3/t15-,16-,17-/m1/s1. The quantitative estimate of drug-likeness (QED) is 0.835. The van der Waals surface area contributed by atoms with E-state index in [0.29, 0.717) is 18.0 Å². The lowest BCUT2D eigenvalue weighted by molar-refractivity contribution is -0.130. The van der Waals surface area contributed by atoms with E-state index in [1.165, 1.54) is 12.0 Å². The Morgan fingerprint density at radius 1 is 1.29 bits per heavy atom. The zero-order valence-electron chi connectivity index (χ0n) is 13.1. The van der Waals surface area contributed by atoms with Crippen molar-refractivity contribution in [1.82, 2.24) is 9.80 Å². The molecule has 2 fully saturated rings. The molecule has 0 aromatic heterocycles. The van der Waals surface area contributed by atoms with E-state index in [2.05, 4.69) is 29.0 Å². The molecule has 0 saturated carbocycles. The molecule has 0 aliphatic carbocycles. The Balaban J connectivity index is 1.90. The molecule has 3 rings (SSSR count). The van der Waals surface area contributed by atoms with Crippen LogP contribution >= 0.6 is 0 Å². The van der Waals surface area contributed by atoms with Crippen LogP contribution in [-0.2, 0) is 4.79 Å². The van der Waals surface area contributed by atoms with Gasteiger partial charge in [0, 0.05) is 31.5 Å². The second kappa shape index (κ2) is 5.68. The Morgan fingerprint density at radius 3 is 2.62 bits per heavy atom. The number of rotatable bonds is 2. The molecule has 0 bridgehead atoms. The molecule has 2 aliphatic rings. The molecule has 21 heavy (non-hydrogen) atoms. The molecule has 0 radical (unpaired) electrons. The summed E-state index contributed by atoms with van der Waals surface area (Å²) < 4.78 is 5.24. The van der Waals surface area contributed by atoms with E-state index in [9.17, 15) is 4.79 Å². The number of amides is 1. The highest BCUT2D eigenvalue weighted by atomic mass is 16.5. The van der Waals surface area contributed by atoms with Crippen molar-refractivity contribution in [2.45, 2.75) is 37.8 Å². The first-order chi connectivity index (χ1) is 10.1. The van der Waals surface area contributed by atoms with Crippen LogP contribution in [0.25, 0.3) is 0 Å². The lowest BCUT2D eigenvalue weighted by atomic mass is 9.86. The number of likely N-dealkylation sites (N-methyl/N-ethyl adjacent to an activating group) is 1. The maximum Gasteiger partial charge on any atom is 0.219 e. The van der Waals surface area contributed by atoms with E-state index >= 15 is 0 Å². The van der Waals surface area contributed by atoms with Crippen LogP contribution in [0.4, 0.5) is 0 Å². The number of hydrogen-bond acceptors (Lipinski definition) is 3. The molecule has 3 atom stereocenters. The highest BCUT2D eigenvalue weighted by Crippen LogP contribution is 2.39. The first kappa shape index (κ1) is 14.4. The smallest absolute Gasteiger partial charge is 0.219 e. The molecule has 1 amide bonds. The third kappa shape index (κ3) is 2.53. The SMILES string of the molecule is COc1ccc([C@H]2CN(C(C)=O)[C@@H]3CCCN(C)[C@H]23)cc1. The fourth-order valence-corrected chi connectivity index (χ4v) is 4.05. The van der Waals surface area contributed by atoms with Crippen molar-refractivity contribution >= 4 is 5.91 Å². The first-order valence-corrected chi connectivity index (χ1v) is 7.73. The van der Waals surface area contributed by atoms with Crippen LogP contribution < -0.4 is 4.74 Å². The molecule has 2 heterocycles. The van der Waals surface area contributed by atoms with Crippen molar-refractivity contribution in [1.29, 1.82) is 0 Å². The number of ether oxygens (including phenoxy) is 1. The van der Waals surface area contributed by atoms with Crippen LogP contribution in [0.5, 0.6) is 5.75 Å². The van der Waals surface area contributed by atoms with Crippen LogP contribution in [-0.4, -0.2) is 55.0 Å². The Labute approximate surface area is 126 Å². The predicted molar refractivity (Wildman–Crippen MR) is 82.6 cm³/mol. The number of carbonyl (C=O) groups is 1. The molecule has 0 unspecified atom stereocenters. The fraction of sp³-hybridized carbons (Fsp3) is 0.588. The van der Waals surface area contributed by atoms with Gasteiger partial charge in [-0.2, -0.15) is 0 Å². The molecular weight excluding hydrogens is 264 g/mol. The van der Waals surface area contributed by atoms with Gasteiger partial charge in [0.25, 0.3) is 0 Å². The number of benzene rings is 1. The molecule has 4 heteroatoms. The van der Waals surface area contributed by atoms with Crippen molar-refractivity contribution in [3.05, 3.63) is 29.8 Å². The molecule has 4 nitrogen and oxygen atoms in total. The van der Waals surface area contributed by atoms with Gasteiger partial charge in [0.15, 0.2) is 0 Å². The summed E-state index contributed by atoms with van der Waals surface area (Å²) >= 11 is 0. The van der Waals surface area contributed by atoms with Gasteiger partial charge in [0.1, 0.15) is 5.75 Å². The van der Waals surface area contributed by atoms with E-state index < -0.39 is 0 Å². The molecular formula is C17H24N2O2. The van der Waals surface area contributed by atoms with E-state index in [1.54, 1.807) is 14.0 Å². The molecule has 0 spiro atoms. The van der Waals surface area contributed by atoms with Gasteiger partial charge in [-0.1, -0.05) is 12.1 Å². The summed E-state index contributed by atoms with van der Waals surface area (Å²) in [6, 6.07) is 9.14. The number of carbonyl (C=O) groups excluding carboxylic acids is 1. The van der Waals surface area contributed by atoms with Crippen LogP contribution in [0.3, 0.4) is 0 Å². The molecule has 2 saturated heterocycles. The highest BCUT2D eigenvalue weighted by Gasteiger charge is 2.46. The average molecular weight is 288 g/mol. The van der Waals surface area contributed by atoms with Crippen LogP contribution in [0.1, 0.15) is 31.2 Å². The van der Waals surface area contributed by atoms with Crippen LogP contribution in [0.15, 0.2) is 24.3 Å². The number of nitrogens with zero attached hydrogens (tertiary/aromatic N) is 2. The van der Waals surface area contributed by atoms with Crippen molar-refractivity contribution in [3.8, 4) is 5.75 Å². The predicted octanol–water partition coefficient (Wildman–Crippen LogP) is 2.10. The van der Waals surface area contributed by atoms with Gasteiger partial charge in [-0.3, -0.25) is 4.79 Å². The lowest BCUT2D eigenvalue weighted by Gasteiger charge is -2.39. The van der Waals surface area contributed by atoms with Gasteiger partial charge in [0.05, 0.1) is 7.11 Å². The van der Waals surface area contributed by atoms with Crippen molar-refractivity contribution < 1.29 is 9.53 Å². The van der Waals surface area contributed by atoms with E-state index in [0.717, 1.165) is 25.3 Å². The Morgan fingerprint density at radius 2 is 2.00 bits per heavy atom. The summed E-state index contributed by atoms with van der Waals surface area (Å²) in [6.07, 6.45) is 2.30. The van der Waals surface area contributed by atoms with Gasteiger partial charge in [0.2, 0.25) is 5.91 Å². The van der Waals surface area contributed by atoms with Gasteiger partial charge < -0.3 is 14.5 Å². The van der Waals surface area contributed by atoms with Gasteiger partial charge in [-0.05, 0) is 44.1 Å². The lowest BCUT2D eigenvalue weighted by Crippen LogP contribution is -2.49. The summed E-state index contributed by atoms with van der Waals surface area (Å²) in [4.78, 5) is 16.5. The third-order valence-electron chi connectivity index (χ3n) is 5.07. The average Bonchev–Trinajstić information content (AvgIpc) is 2.88. The van der Waals surface area contributed by atoms with Crippen molar-refractivity contribution in [3.63, 3.8) is 0 Å². The number of methoxy groups -OCH3 is 1. The van der Waals surface area contributed by atoms with Crippen LogP contribution in [0, 0.1) is 0 Å². The summed E-state index contributed by atoms with van der Waals surface area (Å²) in [7, 11) is 3.88. The molecule has 114 valence electrons. The largest absolute Gasteiger partial charge is 0.497 e. The van der Waals surface area contributed by atoms with Gasteiger partial charge >= 0.3 is 0 Å². The number of hydrogen-bond donors (Lipinski definition) is 0. The minimum atomic E-state index is 0.205. The number of likely N-dealkylation sites (tertiary alicyclic amines) is 2. The third-order valence-corrected chi connectivity index (χ3v) is 5.07. The summed E-state index contributed by atoms with van der Waals surface area (Å²) in [6.45, 7) is 3.66. The zero-order valence-corrected chi connectivity index (χ0v) is 13.1. The van der Waals surface area contributed by atoms with Gasteiger partial charge in [-0.15, -0.1) is 0 Å². The van der Waals surface area contributed by atoms with E-state index in [1.807, 2.05) is 12.1 Å². The summed E-state index contributed by atoms with van der Waals surface area (Å²) in [5.74, 6) is 1.49. The van der Waals surface area contributed by atoms with E-state index in [-0.39, 0.29) is 5.91 Å². The molecule has 1 aromatic rings. The topological polar surface area (TPSA) is 32.8 Å². The fourth-order valence-electron chi connectivity index (χ4n) is 4.05. The summed E-state index contributed by atoms with van der Waals surface area (Å²) in [5, 5.41) is 0. The molecule has 0 N–H and O–H groups in total. The first-order valence-electron chi connectivity index (χ1n) is 7.73. The second-order valence-electron chi connectivity index (χ2n) is 6.23. The van der Waals surface area contributed by atoms with E-state index in [4.69, 9.17) is 4.74 Å². The maximum absolute atomic E-state index is 12.0. The Kier molecular flexibility index (Phi) is 3.89. The zero-order chi connectivity index (χ0) is 15.0. The maximum atomic E-state index is 12.0. The second-order valence-corrected chi connectivity index (χ2v) is 6.23. The minimum Gasteiger partial charge on any atom is -0.497 e. The van der Waals surface area contributed by atoms with Crippen molar-refractivity contribution in [2.75, 3.05) is 27.2 Å². The molecule has 1 aromatic carbocycles. The Bertz CT molecular complexity index is 514. The van der Waals surface area contributed by atoms with Gasteiger partial charge in [-0.25, -0.2) is 0 Å². The van der Waals surface area contributed by atoms with Crippen molar-refractivity contribution in [2.24, 2.45) is 0 Å². The minimum absolute atomic E-state index is 0.205. The number of piperidine rings is 1. The van der Waals surface area contributed by atoms with Crippen LogP contribution in [0.2, 0.25) is 0 Å². The summed E-state index contributed by atoms with van der Waals surface area (Å²) in [5.41, 5.74) is 1.31.